The van der Waals surface area contributed by atoms with Gasteiger partial charge < -0.3 is 29.0 Å². The van der Waals surface area contributed by atoms with Gasteiger partial charge in [-0.3, -0.25) is 4.79 Å². The van der Waals surface area contributed by atoms with Crippen molar-refractivity contribution in [1.29, 1.82) is 0 Å². The van der Waals surface area contributed by atoms with Gasteiger partial charge in [-0.15, -0.1) is 0 Å². The molecule has 1 amide bonds. The number of hydrogen-bond acceptors (Lipinski definition) is 7. The number of nitrogens with zero attached hydrogens (tertiary/aromatic N) is 2. The third-order valence-corrected chi connectivity index (χ3v) is 4.70. The maximum Gasteiger partial charge on any atom is 0.246 e. The van der Waals surface area contributed by atoms with E-state index in [1.54, 1.807) is 6.07 Å². The number of rotatable bonds is 12. The monoisotopic (exact) mass is 431 g/mol. The van der Waals surface area contributed by atoms with Gasteiger partial charge in [0.25, 0.3) is 0 Å². The Balaban J connectivity index is 1.38. The lowest BCUT2D eigenvalue weighted by Crippen LogP contribution is -2.39. The summed E-state index contributed by atoms with van der Waals surface area (Å²) in [6.07, 6.45) is 0. The second kappa shape index (κ2) is 11.2. The van der Waals surface area contributed by atoms with Crippen LogP contribution in [0.2, 0.25) is 0 Å². The molecule has 0 saturated heterocycles. The Morgan fingerprint density at radius 3 is 2.61 bits per heavy atom. The number of nitrogens with one attached hydrogen (secondary N) is 1. The summed E-state index contributed by atoms with van der Waals surface area (Å²) < 4.78 is 21.6. The van der Waals surface area contributed by atoms with E-state index in [2.05, 4.69) is 43.1 Å². The molecule has 8 nitrogen and oxygen atoms in total. The van der Waals surface area contributed by atoms with Gasteiger partial charge in [0, 0.05) is 37.8 Å². The highest BCUT2D eigenvalue weighted by Gasteiger charge is 2.16. The highest BCUT2D eigenvalue weighted by atomic mass is 16.7. The molecular formula is C23H33N3O5. The highest BCUT2D eigenvalue weighted by molar-refractivity contribution is 5.77. The van der Waals surface area contributed by atoms with E-state index < -0.39 is 0 Å². The van der Waals surface area contributed by atoms with Crippen molar-refractivity contribution >= 4 is 5.91 Å². The molecule has 0 aliphatic carbocycles. The highest BCUT2D eigenvalue weighted by Crippen LogP contribution is 2.36. The number of hydrogen-bond donors (Lipinski definition) is 1. The first kappa shape index (κ1) is 23.1. The van der Waals surface area contributed by atoms with Crippen LogP contribution in [0.1, 0.15) is 33.4 Å². The summed E-state index contributed by atoms with van der Waals surface area (Å²) in [6, 6.07) is 7.37. The van der Waals surface area contributed by atoms with Crippen molar-refractivity contribution in [1.82, 2.24) is 15.4 Å². The molecule has 3 rings (SSSR count). The number of carbonyl (C=O) groups excluding carboxylic acids is 1. The second-order valence-corrected chi connectivity index (χ2v) is 8.64. The summed E-state index contributed by atoms with van der Waals surface area (Å²) in [5.74, 6) is 3.08. The Hall–Kier alpha value is -2.58. The zero-order chi connectivity index (χ0) is 22.2. The number of benzene rings is 1. The van der Waals surface area contributed by atoms with Crippen LogP contribution in [0.5, 0.6) is 11.5 Å². The standard InChI is InChI=1S/C23H33N3O5/c1-16(2)11-26(12-17(3)4)8-7-24-23(27)14-28-13-19-10-21(31-25-19)18-5-6-20-22(9-18)30-15-29-20/h5-6,9-10,16-17H,7-8,11-15H2,1-4H3,(H,24,27). The Kier molecular flexibility index (Phi) is 8.31. The molecule has 1 N–H and O–H groups in total. The second-order valence-electron chi connectivity index (χ2n) is 8.64. The van der Waals surface area contributed by atoms with Crippen LogP contribution >= 0.6 is 0 Å². The van der Waals surface area contributed by atoms with E-state index in [1.165, 1.54) is 0 Å². The van der Waals surface area contributed by atoms with Gasteiger partial charge in [0.2, 0.25) is 12.7 Å². The SMILES string of the molecule is CC(C)CN(CCNC(=O)COCc1cc(-c2ccc3c(c2)OCO3)on1)CC(C)C. The summed E-state index contributed by atoms with van der Waals surface area (Å²) >= 11 is 0. The van der Waals surface area contributed by atoms with Gasteiger partial charge in [-0.1, -0.05) is 32.9 Å². The van der Waals surface area contributed by atoms with Crippen molar-refractivity contribution in [3.05, 3.63) is 30.0 Å². The molecule has 0 spiro atoms. The van der Waals surface area contributed by atoms with Crippen molar-refractivity contribution < 1.29 is 23.5 Å². The van der Waals surface area contributed by atoms with Gasteiger partial charge in [0.05, 0.1) is 6.61 Å². The zero-order valence-electron chi connectivity index (χ0n) is 18.8. The van der Waals surface area contributed by atoms with E-state index in [-0.39, 0.29) is 25.9 Å². The van der Waals surface area contributed by atoms with E-state index >= 15 is 0 Å². The van der Waals surface area contributed by atoms with E-state index in [9.17, 15) is 4.79 Å². The molecule has 0 bridgehead atoms. The van der Waals surface area contributed by atoms with Crippen LogP contribution in [0.15, 0.2) is 28.8 Å². The quantitative estimate of drug-likeness (QED) is 0.552. The lowest BCUT2D eigenvalue weighted by Gasteiger charge is -2.26. The van der Waals surface area contributed by atoms with Crippen LogP contribution in [0, 0.1) is 11.8 Å². The minimum atomic E-state index is -0.131. The van der Waals surface area contributed by atoms with Crippen LogP contribution in [0.4, 0.5) is 0 Å². The van der Waals surface area contributed by atoms with Gasteiger partial charge in [0.15, 0.2) is 17.3 Å². The van der Waals surface area contributed by atoms with Crippen molar-refractivity contribution in [2.75, 3.05) is 39.6 Å². The molecule has 1 aromatic carbocycles. The molecule has 1 aromatic heterocycles. The van der Waals surface area contributed by atoms with Crippen molar-refractivity contribution in [2.24, 2.45) is 11.8 Å². The number of amides is 1. The Morgan fingerprint density at radius 1 is 1.13 bits per heavy atom. The lowest BCUT2D eigenvalue weighted by molar-refractivity contribution is -0.126. The third-order valence-electron chi connectivity index (χ3n) is 4.70. The molecule has 1 aliphatic heterocycles. The largest absolute Gasteiger partial charge is 0.454 e. The van der Waals surface area contributed by atoms with E-state index in [0.29, 0.717) is 35.6 Å². The van der Waals surface area contributed by atoms with Crippen LogP contribution in [0.25, 0.3) is 11.3 Å². The number of aromatic nitrogens is 1. The van der Waals surface area contributed by atoms with Crippen molar-refractivity contribution in [2.45, 2.75) is 34.3 Å². The first-order chi connectivity index (χ1) is 14.9. The maximum atomic E-state index is 12.1. The van der Waals surface area contributed by atoms with Crippen LogP contribution in [-0.4, -0.2) is 55.5 Å². The number of ether oxygens (including phenoxy) is 3. The molecular weight excluding hydrogens is 398 g/mol. The molecule has 8 heteroatoms. The van der Waals surface area contributed by atoms with E-state index in [4.69, 9.17) is 18.7 Å². The van der Waals surface area contributed by atoms with Gasteiger partial charge in [-0.25, -0.2) is 0 Å². The molecule has 2 aromatic rings. The number of carbonyl (C=O) groups is 1. The van der Waals surface area contributed by atoms with Crippen LogP contribution in [-0.2, 0) is 16.1 Å². The molecule has 0 unspecified atom stereocenters. The maximum absolute atomic E-state index is 12.1. The summed E-state index contributed by atoms with van der Waals surface area (Å²) in [6.45, 7) is 12.8. The molecule has 0 fully saturated rings. The predicted octanol–water partition coefficient (Wildman–Crippen LogP) is 3.32. The van der Waals surface area contributed by atoms with E-state index in [0.717, 1.165) is 30.9 Å². The normalized spacial score (nSPS) is 12.9. The molecule has 2 heterocycles. The fourth-order valence-electron chi connectivity index (χ4n) is 3.51. The third kappa shape index (κ3) is 7.25. The molecule has 0 saturated carbocycles. The van der Waals surface area contributed by atoms with Crippen molar-refractivity contribution in [3.63, 3.8) is 0 Å². The first-order valence-electron chi connectivity index (χ1n) is 10.8. The lowest BCUT2D eigenvalue weighted by atomic mass is 10.1. The fourth-order valence-corrected chi connectivity index (χ4v) is 3.51. The summed E-state index contributed by atoms with van der Waals surface area (Å²) in [4.78, 5) is 14.5. The average Bonchev–Trinajstić information content (AvgIpc) is 3.35. The Morgan fingerprint density at radius 2 is 1.87 bits per heavy atom. The minimum absolute atomic E-state index is 0.0133. The fraction of sp³-hybridized carbons (Fsp3) is 0.565. The predicted molar refractivity (Wildman–Crippen MR) is 117 cm³/mol. The molecule has 31 heavy (non-hydrogen) atoms. The van der Waals surface area contributed by atoms with Crippen LogP contribution < -0.4 is 14.8 Å². The average molecular weight is 432 g/mol. The summed E-state index contributed by atoms with van der Waals surface area (Å²) in [5.41, 5.74) is 1.47. The first-order valence-corrected chi connectivity index (χ1v) is 10.8. The van der Waals surface area contributed by atoms with Gasteiger partial charge >= 0.3 is 0 Å². The minimum Gasteiger partial charge on any atom is -0.454 e. The summed E-state index contributed by atoms with van der Waals surface area (Å²) in [5, 5.41) is 6.94. The smallest absolute Gasteiger partial charge is 0.246 e. The van der Waals surface area contributed by atoms with E-state index in [1.807, 2.05) is 18.2 Å². The zero-order valence-corrected chi connectivity index (χ0v) is 18.8. The number of fused-ring (bicyclic) bond motifs is 1. The molecule has 0 atom stereocenters. The van der Waals surface area contributed by atoms with Gasteiger partial charge in [-0.05, 0) is 30.0 Å². The molecule has 170 valence electrons. The Bertz CT molecular complexity index is 839. The van der Waals surface area contributed by atoms with Crippen molar-refractivity contribution in [3.8, 4) is 22.8 Å². The molecule has 0 radical (unpaired) electrons. The summed E-state index contributed by atoms with van der Waals surface area (Å²) in [7, 11) is 0. The van der Waals surface area contributed by atoms with Crippen LogP contribution in [0.3, 0.4) is 0 Å². The van der Waals surface area contributed by atoms with Gasteiger partial charge in [-0.2, -0.15) is 0 Å². The molecule has 1 aliphatic rings. The topological polar surface area (TPSA) is 86.1 Å². The van der Waals surface area contributed by atoms with Gasteiger partial charge in [0.1, 0.15) is 12.3 Å². The Labute approximate surface area is 183 Å².